The number of hydrogen-bond donors (Lipinski definition) is 1. The lowest BCUT2D eigenvalue weighted by molar-refractivity contribution is -0.120. The van der Waals surface area contributed by atoms with E-state index in [9.17, 15) is 4.79 Å². The minimum atomic E-state index is -0.0108. The van der Waals surface area contributed by atoms with Gasteiger partial charge in [-0.05, 0) is 12.8 Å². The Morgan fingerprint density at radius 1 is 1.36 bits per heavy atom. The quantitative estimate of drug-likeness (QED) is 0.757. The van der Waals surface area contributed by atoms with Crippen LogP contribution in [0.25, 0.3) is 11.5 Å². The number of carbonyl (C=O) groups excluding carboxylic acids is 1. The predicted molar refractivity (Wildman–Crippen MR) is 92.2 cm³/mol. The molecule has 0 spiro atoms. The van der Waals surface area contributed by atoms with Gasteiger partial charge in [0.2, 0.25) is 11.9 Å². The van der Waals surface area contributed by atoms with E-state index in [1.165, 1.54) is 17.6 Å². The van der Waals surface area contributed by atoms with Crippen molar-refractivity contribution < 1.29 is 9.32 Å². The molecule has 1 aliphatic heterocycles. The Morgan fingerprint density at radius 3 is 2.88 bits per heavy atom. The summed E-state index contributed by atoms with van der Waals surface area (Å²) in [5, 5.41) is 17.8. The number of nitrogens with one attached hydrogen (secondary N) is 1. The van der Waals surface area contributed by atoms with E-state index >= 15 is 0 Å². The third-order valence-corrected chi connectivity index (χ3v) is 5.02. The highest BCUT2D eigenvalue weighted by molar-refractivity contribution is 7.13. The van der Waals surface area contributed by atoms with Crippen LogP contribution in [0, 0.1) is 5.92 Å². The number of thiazole rings is 1. The van der Waals surface area contributed by atoms with Crippen LogP contribution in [-0.2, 0) is 11.8 Å². The summed E-state index contributed by atoms with van der Waals surface area (Å²) < 4.78 is 6.77. The van der Waals surface area contributed by atoms with Crippen molar-refractivity contribution in [1.82, 2.24) is 24.9 Å². The third kappa shape index (κ3) is 3.12. The van der Waals surface area contributed by atoms with Gasteiger partial charge in [0.25, 0.3) is 0 Å². The molecule has 25 heavy (non-hydrogen) atoms. The monoisotopic (exact) mass is 359 g/mol. The van der Waals surface area contributed by atoms with Gasteiger partial charge >= 0.3 is 0 Å². The first-order chi connectivity index (χ1) is 12.2. The maximum atomic E-state index is 12.3. The Labute approximate surface area is 147 Å². The SMILES string of the molecule is Cn1c(-c2ccon2)nnc1N1CCC(C(=O)Nc2nccs2)CC1. The topological polar surface area (TPSA) is 102 Å². The van der Waals surface area contributed by atoms with E-state index in [2.05, 4.69) is 30.6 Å². The van der Waals surface area contributed by atoms with Gasteiger partial charge in [0.1, 0.15) is 6.26 Å². The lowest BCUT2D eigenvalue weighted by Crippen LogP contribution is -2.39. The van der Waals surface area contributed by atoms with Crippen LogP contribution in [0.3, 0.4) is 0 Å². The largest absolute Gasteiger partial charge is 0.364 e. The van der Waals surface area contributed by atoms with Gasteiger partial charge < -0.3 is 14.7 Å². The van der Waals surface area contributed by atoms with Gasteiger partial charge in [-0.15, -0.1) is 21.5 Å². The lowest BCUT2D eigenvalue weighted by Gasteiger charge is -2.31. The van der Waals surface area contributed by atoms with E-state index in [1.807, 2.05) is 17.0 Å². The van der Waals surface area contributed by atoms with Gasteiger partial charge in [0.15, 0.2) is 16.6 Å². The second-order valence-corrected chi connectivity index (χ2v) is 6.75. The van der Waals surface area contributed by atoms with Crippen LogP contribution in [0.5, 0.6) is 0 Å². The second kappa shape index (κ2) is 6.63. The van der Waals surface area contributed by atoms with Crippen molar-refractivity contribution in [3.8, 4) is 11.5 Å². The van der Waals surface area contributed by atoms with Crippen LogP contribution < -0.4 is 10.2 Å². The molecule has 0 bridgehead atoms. The fraction of sp³-hybridized carbons (Fsp3) is 0.400. The van der Waals surface area contributed by atoms with E-state index in [-0.39, 0.29) is 11.8 Å². The number of aromatic nitrogens is 5. The third-order valence-electron chi connectivity index (χ3n) is 4.33. The molecule has 4 rings (SSSR count). The summed E-state index contributed by atoms with van der Waals surface area (Å²) >= 11 is 1.43. The molecule has 1 aliphatic rings. The molecule has 0 aliphatic carbocycles. The summed E-state index contributed by atoms with van der Waals surface area (Å²) in [7, 11) is 1.90. The average molecular weight is 359 g/mol. The molecular formula is C15H17N7O2S. The van der Waals surface area contributed by atoms with Crippen LogP contribution >= 0.6 is 11.3 Å². The Morgan fingerprint density at radius 2 is 2.20 bits per heavy atom. The average Bonchev–Trinajstić information content (AvgIpc) is 3.36. The highest BCUT2D eigenvalue weighted by atomic mass is 32.1. The van der Waals surface area contributed by atoms with E-state index in [1.54, 1.807) is 12.3 Å². The van der Waals surface area contributed by atoms with Crippen molar-refractivity contribution in [2.24, 2.45) is 13.0 Å². The van der Waals surface area contributed by atoms with Gasteiger partial charge in [0.05, 0.1) is 0 Å². The molecule has 130 valence electrons. The predicted octanol–water partition coefficient (Wildman–Crippen LogP) is 1.78. The summed E-state index contributed by atoms with van der Waals surface area (Å²) in [5.74, 6) is 1.46. The van der Waals surface area contributed by atoms with E-state index in [0.717, 1.165) is 31.9 Å². The Bertz CT molecular complexity index is 836. The number of anilines is 2. The summed E-state index contributed by atoms with van der Waals surface area (Å²) in [6.07, 6.45) is 4.73. The Kier molecular flexibility index (Phi) is 4.18. The number of rotatable bonds is 4. The van der Waals surface area contributed by atoms with Crippen LogP contribution in [-0.4, -0.2) is 43.9 Å². The van der Waals surface area contributed by atoms with Crippen molar-refractivity contribution in [1.29, 1.82) is 0 Å². The molecule has 9 nitrogen and oxygen atoms in total. The first kappa shape index (κ1) is 15.8. The van der Waals surface area contributed by atoms with Crippen molar-refractivity contribution in [2.75, 3.05) is 23.3 Å². The van der Waals surface area contributed by atoms with Gasteiger partial charge in [-0.25, -0.2) is 4.98 Å². The molecule has 0 radical (unpaired) electrons. The van der Waals surface area contributed by atoms with E-state index in [0.29, 0.717) is 16.6 Å². The zero-order valence-electron chi connectivity index (χ0n) is 13.6. The molecule has 1 saturated heterocycles. The summed E-state index contributed by atoms with van der Waals surface area (Å²) in [6, 6.07) is 1.75. The number of piperidine rings is 1. The van der Waals surface area contributed by atoms with E-state index < -0.39 is 0 Å². The maximum Gasteiger partial charge on any atom is 0.229 e. The second-order valence-electron chi connectivity index (χ2n) is 5.86. The van der Waals surface area contributed by atoms with Gasteiger partial charge in [-0.2, -0.15) is 0 Å². The molecule has 3 aromatic rings. The van der Waals surface area contributed by atoms with Crippen molar-refractivity contribution >= 4 is 28.3 Å². The molecular weight excluding hydrogens is 342 g/mol. The van der Waals surface area contributed by atoms with Crippen LogP contribution in [0.2, 0.25) is 0 Å². The molecule has 1 amide bonds. The van der Waals surface area contributed by atoms with Crippen LogP contribution in [0.1, 0.15) is 12.8 Å². The zero-order valence-corrected chi connectivity index (χ0v) is 14.4. The molecule has 0 atom stereocenters. The van der Waals surface area contributed by atoms with Crippen LogP contribution in [0.15, 0.2) is 28.4 Å². The number of hydrogen-bond acceptors (Lipinski definition) is 8. The highest BCUT2D eigenvalue weighted by Gasteiger charge is 2.28. The van der Waals surface area contributed by atoms with Gasteiger partial charge in [0, 0.05) is 43.7 Å². The molecule has 0 saturated carbocycles. The molecule has 4 heterocycles. The fourth-order valence-electron chi connectivity index (χ4n) is 2.98. The summed E-state index contributed by atoms with van der Waals surface area (Å²) in [5.41, 5.74) is 0.652. The standard InChI is InChI=1S/C15H17N7O2S/c1-21-12(11-4-8-24-20-11)18-19-15(21)22-6-2-10(3-7-22)13(23)17-14-16-5-9-25-14/h4-5,8-10H,2-3,6-7H2,1H3,(H,16,17,23). The Hall–Kier alpha value is -2.75. The smallest absolute Gasteiger partial charge is 0.229 e. The molecule has 3 aromatic heterocycles. The lowest BCUT2D eigenvalue weighted by atomic mass is 9.96. The molecule has 10 heteroatoms. The van der Waals surface area contributed by atoms with Crippen molar-refractivity contribution in [3.05, 3.63) is 23.9 Å². The van der Waals surface area contributed by atoms with E-state index in [4.69, 9.17) is 4.52 Å². The number of nitrogens with zero attached hydrogens (tertiary/aromatic N) is 6. The first-order valence-electron chi connectivity index (χ1n) is 7.98. The van der Waals surface area contributed by atoms with Crippen molar-refractivity contribution in [2.45, 2.75) is 12.8 Å². The molecule has 1 N–H and O–H groups in total. The number of amides is 1. The van der Waals surface area contributed by atoms with Gasteiger partial charge in [-0.3, -0.25) is 9.36 Å². The molecule has 0 unspecified atom stereocenters. The number of carbonyl (C=O) groups is 1. The fourth-order valence-corrected chi connectivity index (χ4v) is 3.51. The molecule has 1 fully saturated rings. The zero-order chi connectivity index (χ0) is 17.2. The minimum Gasteiger partial charge on any atom is -0.364 e. The minimum absolute atomic E-state index is 0.0108. The maximum absolute atomic E-state index is 12.3. The summed E-state index contributed by atoms with van der Waals surface area (Å²) in [4.78, 5) is 18.6. The normalized spacial score (nSPS) is 15.5. The summed E-state index contributed by atoms with van der Waals surface area (Å²) in [6.45, 7) is 1.50. The van der Waals surface area contributed by atoms with Crippen molar-refractivity contribution in [3.63, 3.8) is 0 Å². The highest BCUT2D eigenvalue weighted by Crippen LogP contribution is 2.25. The van der Waals surface area contributed by atoms with Crippen LogP contribution in [0.4, 0.5) is 11.1 Å². The molecule has 0 aromatic carbocycles. The Balaban J connectivity index is 1.40. The van der Waals surface area contributed by atoms with Gasteiger partial charge in [-0.1, -0.05) is 5.16 Å². The first-order valence-corrected chi connectivity index (χ1v) is 8.86.